The topological polar surface area (TPSA) is 59.8 Å². The molecule has 0 bridgehead atoms. The summed E-state index contributed by atoms with van der Waals surface area (Å²) in [7, 11) is 0. The molecule has 1 amide bonds. The maximum Gasteiger partial charge on any atom is 0.248 e. The van der Waals surface area contributed by atoms with Crippen LogP contribution in [0.15, 0.2) is 72.9 Å². The van der Waals surface area contributed by atoms with E-state index in [1.165, 1.54) is 6.08 Å². The van der Waals surface area contributed by atoms with Crippen LogP contribution in [0.4, 0.5) is 5.69 Å². The van der Waals surface area contributed by atoms with Crippen LogP contribution in [0.25, 0.3) is 11.8 Å². The van der Waals surface area contributed by atoms with Crippen molar-refractivity contribution in [2.75, 3.05) is 5.32 Å². The van der Waals surface area contributed by atoms with Crippen LogP contribution in [0.5, 0.6) is 0 Å². The summed E-state index contributed by atoms with van der Waals surface area (Å²) >= 11 is 0. The molecule has 1 aromatic heterocycles. The average Bonchev–Trinajstić information content (AvgIpc) is 3.04. The van der Waals surface area contributed by atoms with Gasteiger partial charge in [0.15, 0.2) is 0 Å². The SMILES string of the molecule is O=C(/C=C/c1cn(-c2ccccc2)nn1)Nc1ccccc1. The summed E-state index contributed by atoms with van der Waals surface area (Å²) < 4.78 is 1.66. The zero-order valence-corrected chi connectivity index (χ0v) is 11.8. The molecule has 22 heavy (non-hydrogen) atoms. The normalized spacial score (nSPS) is 10.7. The van der Waals surface area contributed by atoms with Gasteiger partial charge in [0, 0.05) is 11.8 Å². The second kappa shape index (κ2) is 6.49. The van der Waals surface area contributed by atoms with E-state index in [-0.39, 0.29) is 5.91 Å². The monoisotopic (exact) mass is 290 g/mol. The molecule has 1 heterocycles. The van der Waals surface area contributed by atoms with Gasteiger partial charge in [0.1, 0.15) is 5.69 Å². The Hall–Kier alpha value is -3.21. The molecule has 0 saturated heterocycles. The third kappa shape index (κ3) is 3.46. The van der Waals surface area contributed by atoms with Gasteiger partial charge in [-0.05, 0) is 30.3 Å². The fraction of sp³-hybridized carbons (Fsp3) is 0. The number of anilines is 1. The summed E-state index contributed by atoms with van der Waals surface area (Å²) in [6.45, 7) is 0. The molecule has 3 aromatic rings. The molecule has 0 unspecified atom stereocenters. The number of para-hydroxylation sites is 2. The van der Waals surface area contributed by atoms with Crippen LogP contribution < -0.4 is 5.32 Å². The number of hydrogen-bond donors (Lipinski definition) is 1. The molecule has 0 aliphatic heterocycles. The maximum atomic E-state index is 11.8. The Bertz CT molecular complexity index is 779. The number of carbonyl (C=O) groups is 1. The van der Waals surface area contributed by atoms with E-state index in [1.807, 2.05) is 60.7 Å². The van der Waals surface area contributed by atoms with E-state index in [0.29, 0.717) is 5.69 Å². The van der Waals surface area contributed by atoms with Gasteiger partial charge in [-0.1, -0.05) is 41.6 Å². The van der Waals surface area contributed by atoms with Gasteiger partial charge in [0.05, 0.1) is 11.9 Å². The zero-order valence-electron chi connectivity index (χ0n) is 11.8. The van der Waals surface area contributed by atoms with Gasteiger partial charge in [-0.15, -0.1) is 5.10 Å². The van der Waals surface area contributed by atoms with Crippen LogP contribution >= 0.6 is 0 Å². The summed E-state index contributed by atoms with van der Waals surface area (Å²) in [5, 5.41) is 10.8. The van der Waals surface area contributed by atoms with Crippen molar-refractivity contribution < 1.29 is 4.79 Å². The van der Waals surface area contributed by atoms with Crippen molar-refractivity contribution >= 4 is 17.7 Å². The summed E-state index contributed by atoms with van der Waals surface area (Å²) in [5.74, 6) is -0.208. The van der Waals surface area contributed by atoms with Gasteiger partial charge in [-0.3, -0.25) is 4.79 Å². The second-order valence-electron chi connectivity index (χ2n) is 4.61. The molecule has 0 spiro atoms. The second-order valence-corrected chi connectivity index (χ2v) is 4.61. The molecule has 3 rings (SSSR count). The molecule has 0 fully saturated rings. The zero-order chi connectivity index (χ0) is 15.2. The lowest BCUT2D eigenvalue weighted by Crippen LogP contribution is -2.07. The lowest BCUT2D eigenvalue weighted by Gasteiger charge is -1.99. The first-order valence-corrected chi connectivity index (χ1v) is 6.83. The molecule has 0 aliphatic rings. The highest BCUT2D eigenvalue weighted by molar-refractivity contribution is 6.01. The van der Waals surface area contributed by atoms with E-state index in [1.54, 1.807) is 17.0 Å². The van der Waals surface area contributed by atoms with Gasteiger partial charge in [0.25, 0.3) is 0 Å². The van der Waals surface area contributed by atoms with Gasteiger partial charge in [-0.25, -0.2) is 4.68 Å². The minimum Gasteiger partial charge on any atom is -0.323 e. The largest absolute Gasteiger partial charge is 0.323 e. The molecule has 108 valence electrons. The fourth-order valence-corrected chi connectivity index (χ4v) is 1.93. The van der Waals surface area contributed by atoms with E-state index in [2.05, 4.69) is 15.6 Å². The average molecular weight is 290 g/mol. The summed E-state index contributed by atoms with van der Waals surface area (Å²) in [5.41, 5.74) is 2.29. The standard InChI is InChI=1S/C17H14N4O/c22-17(18-14-7-3-1-4-8-14)12-11-15-13-21(20-19-15)16-9-5-2-6-10-16/h1-13H,(H,18,22)/b12-11+. The number of aromatic nitrogens is 3. The Kier molecular flexibility index (Phi) is 4.06. The third-order valence-electron chi connectivity index (χ3n) is 2.98. The van der Waals surface area contributed by atoms with Crippen molar-refractivity contribution in [3.63, 3.8) is 0 Å². The molecule has 0 radical (unpaired) electrons. The van der Waals surface area contributed by atoms with Gasteiger partial charge >= 0.3 is 0 Å². The molecule has 5 heteroatoms. The Morgan fingerprint density at radius 2 is 1.68 bits per heavy atom. The van der Waals surface area contributed by atoms with Crippen molar-refractivity contribution in [1.82, 2.24) is 15.0 Å². The first-order valence-electron chi connectivity index (χ1n) is 6.83. The lowest BCUT2D eigenvalue weighted by atomic mass is 10.3. The molecule has 2 aromatic carbocycles. The summed E-state index contributed by atoms with van der Waals surface area (Å²) in [6, 6.07) is 19.0. The predicted molar refractivity (Wildman–Crippen MR) is 85.5 cm³/mol. The number of nitrogens with zero attached hydrogens (tertiary/aromatic N) is 3. The first kappa shape index (κ1) is 13.8. The predicted octanol–water partition coefficient (Wildman–Crippen LogP) is 2.92. The smallest absolute Gasteiger partial charge is 0.248 e. The number of benzene rings is 2. The molecular weight excluding hydrogens is 276 g/mol. The Morgan fingerprint density at radius 3 is 2.41 bits per heavy atom. The van der Waals surface area contributed by atoms with E-state index >= 15 is 0 Å². The molecule has 1 N–H and O–H groups in total. The van der Waals surface area contributed by atoms with E-state index in [4.69, 9.17) is 0 Å². The lowest BCUT2D eigenvalue weighted by molar-refractivity contribution is -0.111. The van der Waals surface area contributed by atoms with E-state index in [9.17, 15) is 4.79 Å². The Labute approximate surface area is 127 Å². The number of amides is 1. The van der Waals surface area contributed by atoms with Crippen LogP contribution in [0.3, 0.4) is 0 Å². The highest BCUT2D eigenvalue weighted by atomic mass is 16.1. The Balaban J connectivity index is 1.66. The van der Waals surface area contributed by atoms with Gasteiger partial charge in [-0.2, -0.15) is 0 Å². The van der Waals surface area contributed by atoms with Crippen molar-refractivity contribution in [3.05, 3.63) is 78.6 Å². The number of nitrogens with one attached hydrogen (secondary N) is 1. The van der Waals surface area contributed by atoms with E-state index in [0.717, 1.165) is 11.4 Å². The molecule has 5 nitrogen and oxygen atoms in total. The number of rotatable bonds is 4. The van der Waals surface area contributed by atoms with Crippen LogP contribution in [0, 0.1) is 0 Å². The van der Waals surface area contributed by atoms with Crippen molar-refractivity contribution in [1.29, 1.82) is 0 Å². The van der Waals surface area contributed by atoms with Crippen molar-refractivity contribution in [3.8, 4) is 5.69 Å². The van der Waals surface area contributed by atoms with Crippen molar-refractivity contribution in [2.24, 2.45) is 0 Å². The highest BCUT2D eigenvalue weighted by Crippen LogP contribution is 2.07. The molecule has 0 aliphatic carbocycles. The quantitative estimate of drug-likeness (QED) is 0.752. The minimum atomic E-state index is -0.208. The Morgan fingerprint density at radius 1 is 1.00 bits per heavy atom. The number of hydrogen-bond acceptors (Lipinski definition) is 3. The van der Waals surface area contributed by atoms with Gasteiger partial charge < -0.3 is 5.32 Å². The van der Waals surface area contributed by atoms with Crippen LogP contribution in [0.2, 0.25) is 0 Å². The first-order chi connectivity index (χ1) is 10.8. The summed E-state index contributed by atoms with van der Waals surface area (Å²) in [6.07, 6.45) is 4.83. The van der Waals surface area contributed by atoms with Crippen molar-refractivity contribution in [2.45, 2.75) is 0 Å². The third-order valence-corrected chi connectivity index (χ3v) is 2.98. The molecule has 0 atom stereocenters. The van der Waals surface area contributed by atoms with Gasteiger partial charge in [0.2, 0.25) is 5.91 Å². The minimum absolute atomic E-state index is 0.208. The summed E-state index contributed by atoms with van der Waals surface area (Å²) in [4.78, 5) is 11.8. The fourth-order valence-electron chi connectivity index (χ4n) is 1.93. The van der Waals surface area contributed by atoms with Crippen LogP contribution in [0.1, 0.15) is 5.69 Å². The maximum absolute atomic E-state index is 11.8. The molecular formula is C17H14N4O. The highest BCUT2D eigenvalue weighted by Gasteiger charge is 2.01. The van der Waals surface area contributed by atoms with Crippen LogP contribution in [-0.2, 0) is 4.79 Å². The van der Waals surface area contributed by atoms with E-state index < -0.39 is 0 Å². The molecule has 0 saturated carbocycles. The number of carbonyl (C=O) groups excluding carboxylic acids is 1. The van der Waals surface area contributed by atoms with Crippen LogP contribution in [-0.4, -0.2) is 20.9 Å².